The molecule has 0 unspecified atom stereocenters. The van der Waals surface area contributed by atoms with Crippen LogP contribution < -0.4 is 10.4 Å². The van der Waals surface area contributed by atoms with Gasteiger partial charge in [-0.15, -0.1) is 0 Å². The molecular formula is C14H12F2Si. The molecule has 0 bridgehead atoms. The maximum absolute atomic E-state index is 13.9. The van der Waals surface area contributed by atoms with Crippen molar-refractivity contribution >= 4 is 18.4 Å². The van der Waals surface area contributed by atoms with Gasteiger partial charge in [0, 0.05) is 11.1 Å². The van der Waals surface area contributed by atoms with Crippen molar-refractivity contribution in [1.82, 2.24) is 0 Å². The molecule has 0 saturated heterocycles. The van der Waals surface area contributed by atoms with E-state index in [0.717, 1.165) is 10.4 Å². The van der Waals surface area contributed by atoms with E-state index in [2.05, 4.69) is 13.1 Å². The van der Waals surface area contributed by atoms with Crippen LogP contribution in [0.15, 0.2) is 36.4 Å². The average molecular weight is 246 g/mol. The Morgan fingerprint density at radius 1 is 0.765 bits per heavy atom. The zero-order chi connectivity index (χ0) is 12.2. The zero-order valence-corrected chi connectivity index (χ0v) is 10.7. The average Bonchev–Trinajstić information content (AvgIpc) is 2.52. The molecule has 0 nitrogen and oxygen atoms in total. The summed E-state index contributed by atoms with van der Waals surface area (Å²) in [6.07, 6.45) is 0. The Hall–Kier alpha value is -1.48. The van der Waals surface area contributed by atoms with Crippen molar-refractivity contribution in [2.45, 2.75) is 13.1 Å². The number of halogens is 2. The van der Waals surface area contributed by atoms with Crippen molar-refractivity contribution in [2.24, 2.45) is 0 Å². The molecule has 0 N–H and O–H groups in total. The second-order valence-electron chi connectivity index (χ2n) is 4.95. The Labute approximate surface area is 99.9 Å². The van der Waals surface area contributed by atoms with Crippen LogP contribution in [-0.2, 0) is 0 Å². The summed E-state index contributed by atoms with van der Waals surface area (Å²) in [5.41, 5.74) is 0.967. The van der Waals surface area contributed by atoms with E-state index in [-0.39, 0.29) is 11.6 Å². The van der Waals surface area contributed by atoms with Gasteiger partial charge in [-0.05, 0) is 22.5 Å². The lowest BCUT2D eigenvalue weighted by atomic mass is 10.0. The van der Waals surface area contributed by atoms with Crippen molar-refractivity contribution in [3.8, 4) is 11.1 Å². The molecule has 0 aliphatic carbocycles. The molecule has 2 aromatic rings. The van der Waals surface area contributed by atoms with Crippen LogP contribution in [0, 0.1) is 11.6 Å². The van der Waals surface area contributed by atoms with Gasteiger partial charge in [0.2, 0.25) is 0 Å². The van der Waals surface area contributed by atoms with E-state index in [1.807, 2.05) is 12.1 Å². The fourth-order valence-electron chi connectivity index (χ4n) is 2.74. The van der Waals surface area contributed by atoms with Gasteiger partial charge in [-0.1, -0.05) is 37.4 Å². The van der Waals surface area contributed by atoms with Crippen LogP contribution in [0.25, 0.3) is 11.1 Å². The van der Waals surface area contributed by atoms with Crippen LogP contribution >= 0.6 is 0 Å². The molecule has 1 aliphatic rings. The highest BCUT2D eigenvalue weighted by molar-refractivity contribution is 7.03. The quantitative estimate of drug-likeness (QED) is 0.627. The Bertz CT molecular complexity index is 564. The molecule has 0 fully saturated rings. The minimum absolute atomic E-state index is 0.313. The minimum Gasteiger partial charge on any atom is -0.206 e. The molecule has 1 heterocycles. The summed E-state index contributed by atoms with van der Waals surface area (Å²) in [6, 6.07) is 10.1. The minimum atomic E-state index is -1.92. The second kappa shape index (κ2) is 3.26. The van der Waals surface area contributed by atoms with Crippen molar-refractivity contribution in [3.63, 3.8) is 0 Å². The highest BCUT2D eigenvalue weighted by Gasteiger charge is 2.40. The first-order valence-electron chi connectivity index (χ1n) is 5.62. The van der Waals surface area contributed by atoms with Gasteiger partial charge in [0.1, 0.15) is 19.7 Å². The lowest BCUT2D eigenvalue weighted by Gasteiger charge is -2.18. The summed E-state index contributed by atoms with van der Waals surface area (Å²) in [5.74, 6) is -0.626. The number of benzene rings is 2. The molecule has 17 heavy (non-hydrogen) atoms. The Balaban J connectivity index is 2.49. The Kier molecular flexibility index (Phi) is 2.04. The van der Waals surface area contributed by atoms with E-state index >= 15 is 0 Å². The SMILES string of the molecule is C[Si]1(C)c2cccc(F)c2-c2c(F)cccc21. The highest BCUT2D eigenvalue weighted by atomic mass is 28.3. The summed E-state index contributed by atoms with van der Waals surface area (Å²) in [5, 5.41) is 2.00. The molecule has 1 aliphatic heterocycles. The van der Waals surface area contributed by atoms with Gasteiger partial charge in [-0.3, -0.25) is 0 Å². The molecule has 0 aromatic heterocycles. The first kappa shape index (κ1) is 10.7. The van der Waals surface area contributed by atoms with Crippen LogP contribution in [0.3, 0.4) is 0 Å². The van der Waals surface area contributed by atoms with Crippen LogP contribution in [0.5, 0.6) is 0 Å². The van der Waals surface area contributed by atoms with Gasteiger partial charge in [0.15, 0.2) is 0 Å². The van der Waals surface area contributed by atoms with Crippen LogP contribution in [0.4, 0.5) is 8.78 Å². The monoisotopic (exact) mass is 246 g/mol. The van der Waals surface area contributed by atoms with E-state index in [9.17, 15) is 8.78 Å². The third kappa shape index (κ3) is 1.26. The topological polar surface area (TPSA) is 0 Å². The smallest absolute Gasteiger partial charge is 0.131 e. The molecule has 3 heteroatoms. The molecule has 0 radical (unpaired) electrons. The van der Waals surface area contributed by atoms with E-state index in [1.165, 1.54) is 12.1 Å². The number of hydrogen-bond acceptors (Lipinski definition) is 0. The maximum Gasteiger partial charge on any atom is 0.131 e. The predicted molar refractivity (Wildman–Crippen MR) is 68.5 cm³/mol. The largest absolute Gasteiger partial charge is 0.206 e. The summed E-state index contributed by atoms with van der Waals surface area (Å²) in [4.78, 5) is 0. The van der Waals surface area contributed by atoms with Crippen LogP contribution in [0.1, 0.15) is 0 Å². The Morgan fingerprint density at radius 3 is 1.59 bits per heavy atom. The number of rotatable bonds is 0. The lowest BCUT2D eigenvalue weighted by Crippen LogP contribution is -2.49. The first-order valence-corrected chi connectivity index (χ1v) is 8.62. The van der Waals surface area contributed by atoms with Crippen molar-refractivity contribution in [1.29, 1.82) is 0 Å². The normalized spacial score (nSPS) is 15.5. The second-order valence-corrected chi connectivity index (χ2v) is 9.28. The molecule has 0 spiro atoms. The van der Waals surface area contributed by atoms with Gasteiger partial charge in [-0.25, -0.2) is 8.78 Å². The standard InChI is InChI=1S/C14H12F2Si/c1-17(2)11-7-3-5-9(15)13(11)14-10(16)6-4-8-12(14)17/h3-8H,1-2H3. The highest BCUT2D eigenvalue weighted by Crippen LogP contribution is 2.31. The van der Waals surface area contributed by atoms with E-state index in [4.69, 9.17) is 0 Å². The molecule has 0 saturated carbocycles. The van der Waals surface area contributed by atoms with Crippen molar-refractivity contribution in [3.05, 3.63) is 48.0 Å². The molecule has 0 amide bonds. The van der Waals surface area contributed by atoms with Gasteiger partial charge in [0.25, 0.3) is 0 Å². The first-order chi connectivity index (χ1) is 8.03. The maximum atomic E-state index is 13.9. The molecule has 0 atom stereocenters. The summed E-state index contributed by atoms with van der Waals surface area (Å²) >= 11 is 0. The fraction of sp³-hybridized carbons (Fsp3) is 0.143. The van der Waals surface area contributed by atoms with Crippen LogP contribution in [-0.4, -0.2) is 8.07 Å². The molecule has 3 rings (SSSR count). The van der Waals surface area contributed by atoms with Crippen LogP contribution in [0.2, 0.25) is 13.1 Å². The number of fused-ring (bicyclic) bond motifs is 3. The Morgan fingerprint density at radius 2 is 1.18 bits per heavy atom. The molecule has 86 valence electrons. The predicted octanol–water partition coefficient (Wildman–Crippen LogP) is 2.77. The van der Waals surface area contributed by atoms with Gasteiger partial charge < -0.3 is 0 Å². The third-order valence-electron chi connectivity index (χ3n) is 3.62. The van der Waals surface area contributed by atoms with Gasteiger partial charge in [-0.2, -0.15) is 0 Å². The van der Waals surface area contributed by atoms with E-state index < -0.39 is 8.07 Å². The third-order valence-corrected chi connectivity index (χ3v) is 7.15. The number of hydrogen-bond donors (Lipinski definition) is 0. The summed E-state index contributed by atoms with van der Waals surface area (Å²) in [7, 11) is -1.92. The van der Waals surface area contributed by atoms with Gasteiger partial charge in [0.05, 0.1) is 0 Å². The van der Waals surface area contributed by atoms with Gasteiger partial charge >= 0.3 is 0 Å². The molecule has 2 aromatic carbocycles. The zero-order valence-electron chi connectivity index (χ0n) is 9.72. The fourth-order valence-corrected chi connectivity index (χ4v) is 5.80. The summed E-state index contributed by atoms with van der Waals surface area (Å²) in [6.45, 7) is 4.27. The van der Waals surface area contributed by atoms with E-state index in [1.54, 1.807) is 12.1 Å². The lowest BCUT2D eigenvalue weighted by molar-refractivity contribution is 0.618. The summed E-state index contributed by atoms with van der Waals surface area (Å²) < 4.78 is 27.9. The van der Waals surface area contributed by atoms with Crippen molar-refractivity contribution < 1.29 is 8.78 Å². The van der Waals surface area contributed by atoms with E-state index in [0.29, 0.717) is 11.1 Å². The van der Waals surface area contributed by atoms with Crippen molar-refractivity contribution in [2.75, 3.05) is 0 Å². The molecular weight excluding hydrogens is 234 g/mol.